The summed E-state index contributed by atoms with van der Waals surface area (Å²) in [6.07, 6.45) is 1.67. The van der Waals surface area contributed by atoms with Crippen LogP contribution < -0.4 is 16.0 Å². The summed E-state index contributed by atoms with van der Waals surface area (Å²) in [7, 11) is 0. The van der Waals surface area contributed by atoms with Crippen LogP contribution in [0.1, 0.15) is 16.2 Å². The number of rotatable bonds is 8. The summed E-state index contributed by atoms with van der Waals surface area (Å²) in [5, 5.41) is 13.3. The molecule has 0 unspecified atom stereocenters. The lowest BCUT2D eigenvalue weighted by molar-refractivity contribution is -0.141. The van der Waals surface area contributed by atoms with Crippen LogP contribution >= 0.6 is 0 Å². The fourth-order valence-electron chi connectivity index (χ4n) is 3.14. The third-order valence-electron chi connectivity index (χ3n) is 4.70. The van der Waals surface area contributed by atoms with Gasteiger partial charge in [0.15, 0.2) is 0 Å². The fourth-order valence-corrected chi connectivity index (χ4v) is 3.14. The molecule has 3 N–H and O–H groups in total. The molecule has 4 rings (SSSR count). The Morgan fingerprint density at radius 1 is 1.06 bits per heavy atom. The van der Waals surface area contributed by atoms with Gasteiger partial charge in [0.1, 0.15) is 23.8 Å². The summed E-state index contributed by atoms with van der Waals surface area (Å²) in [5.41, 5.74) is -0.580. The summed E-state index contributed by atoms with van der Waals surface area (Å²) in [6, 6.07) is 7.90. The molecule has 3 heterocycles. The molecule has 0 saturated carbocycles. The predicted molar refractivity (Wildman–Crippen MR) is 120 cm³/mol. The lowest BCUT2D eigenvalue weighted by atomic mass is 10.2. The van der Waals surface area contributed by atoms with Crippen molar-refractivity contribution in [3.05, 3.63) is 72.6 Å². The summed E-state index contributed by atoms with van der Waals surface area (Å²) < 4.78 is 40.0. The first-order chi connectivity index (χ1) is 16.8. The Hall–Kier alpha value is -4.55. The van der Waals surface area contributed by atoms with Crippen molar-refractivity contribution in [2.24, 2.45) is 0 Å². The molecule has 0 aliphatic rings. The van der Waals surface area contributed by atoms with Crippen LogP contribution in [-0.2, 0) is 17.5 Å². The number of amides is 2. The van der Waals surface area contributed by atoms with Crippen LogP contribution in [0.3, 0.4) is 0 Å². The zero-order chi connectivity index (χ0) is 24.8. The molecule has 2 amide bonds. The van der Waals surface area contributed by atoms with Crippen LogP contribution in [0.2, 0.25) is 0 Å². The van der Waals surface area contributed by atoms with Crippen LogP contribution in [0.15, 0.2) is 61.2 Å². The Morgan fingerprint density at radius 3 is 2.69 bits per heavy atom. The van der Waals surface area contributed by atoms with Crippen LogP contribution in [0.4, 0.5) is 24.7 Å². The van der Waals surface area contributed by atoms with E-state index >= 15 is 0 Å². The van der Waals surface area contributed by atoms with Gasteiger partial charge in [0.25, 0.3) is 5.91 Å². The van der Waals surface area contributed by atoms with Gasteiger partial charge in [-0.15, -0.1) is 0 Å². The highest BCUT2D eigenvalue weighted by Crippen LogP contribution is 2.27. The highest BCUT2D eigenvalue weighted by atomic mass is 19.4. The minimum Gasteiger partial charge on any atom is -0.367 e. The van der Waals surface area contributed by atoms with Crippen LogP contribution in [0.25, 0.3) is 10.9 Å². The predicted octanol–water partition coefficient (Wildman–Crippen LogP) is 2.72. The number of alkyl halides is 3. The standard InChI is InChI=1S/C22H19F3N8O2/c23-22(24,25)18-3-1-2-17(31-18)21(35)30-15-4-5-16-14(10-15)12-33(32-16)13-20(34)29-9-8-28-19-11-26-6-7-27-19/h1-7,10-12H,8-9,13H2,(H,27,28)(H,29,34)(H,30,35). The van der Waals surface area contributed by atoms with Gasteiger partial charge in [0.2, 0.25) is 5.91 Å². The second kappa shape index (κ2) is 10.2. The Kier molecular flexibility index (Phi) is 6.85. The second-order valence-corrected chi connectivity index (χ2v) is 7.33. The van der Waals surface area contributed by atoms with Gasteiger partial charge in [0, 0.05) is 42.8 Å². The maximum Gasteiger partial charge on any atom is 0.433 e. The van der Waals surface area contributed by atoms with Crippen molar-refractivity contribution in [1.82, 2.24) is 30.0 Å². The quantitative estimate of drug-likeness (QED) is 0.328. The molecule has 0 fully saturated rings. The molecule has 0 radical (unpaired) electrons. The molecule has 0 aliphatic carbocycles. The lowest BCUT2D eigenvalue weighted by Crippen LogP contribution is -2.31. The zero-order valence-electron chi connectivity index (χ0n) is 18.1. The van der Waals surface area contributed by atoms with Gasteiger partial charge >= 0.3 is 6.18 Å². The van der Waals surface area contributed by atoms with Crippen molar-refractivity contribution in [1.29, 1.82) is 0 Å². The number of hydrogen-bond donors (Lipinski definition) is 3. The number of fused-ring (bicyclic) bond motifs is 1. The molecule has 3 aromatic heterocycles. The first kappa shape index (κ1) is 23.6. The third-order valence-corrected chi connectivity index (χ3v) is 4.70. The van der Waals surface area contributed by atoms with Crippen LogP contribution in [0.5, 0.6) is 0 Å². The normalized spacial score (nSPS) is 11.3. The van der Waals surface area contributed by atoms with E-state index in [0.29, 0.717) is 35.5 Å². The topological polar surface area (TPSA) is 127 Å². The largest absolute Gasteiger partial charge is 0.433 e. The monoisotopic (exact) mass is 484 g/mol. The maximum absolute atomic E-state index is 12.8. The van der Waals surface area contributed by atoms with E-state index in [-0.39, 0.29) is 18.1 Å². The smallest absolute Gasteiger partial charge is 0.367 e. The number of benzene rings is 1. The molecule has 35 heavy (non-hydrogen) atoms. The van der Waals surface area contributed by atoms with Crippen LogP contribution in [0, 0.1) is 0 Å². The van der Waals surface area contributed by atoms with Crippen molar-refractivity contribution in [2.45, 2.75) is 12.7 Å². The summed E-state index contributed by atoms with van der Waals surface area (Å²) in [5.74, 6) is -0.424. The van der Waals surface area contributed by atoms with Crippen LogP contribution in [-0.4, -0.2) is 49.6 Å². The molecular weight excluding hydrogens is 465 g/mol. The maximum atomic E-state index is 12.8. The number of pyridine rings is 1. The van der Waals surface area contributed by atoms with E-state index in [1.54, 1.807) is 43.0 Å². The van der Waals surface area contributed by atoms with E-state index in [4.69, 9.17) is 0 Å². The highest BCUT2D eigenvalue weighted by Gasteiger charge is 2.32. The summed E-state index contributed by atoms with van der Waals surface area (Å²) in [6.45, 7) is 0.820. The zero-order valence-corrected chi connectivity index (χ0v) is 18.1. The van der Waals surface area contributed by atoms with Gasteiger partial charge in [-0.3, -0.25) is 19.3 Å². The number of carbonyl (C=O) groups is 2. The average Bonchev–Trinajstić information content (AvgIpc) is 3.23. The average molecular weight is 484 g/mol. The Morgan fingerprint density at radius 2 is 1.91 bits per heavy atom. The summed E-state index contributed by atoms with van der Waals surface area (Å²) in [4.78, 5) is 35.9. The van der Waals surface area contributed by atoms with Gasteiger partial charge in [-0.1, -0.05) is 6.07 Å². The molecule has 1 aromatic carbocycles. The summed E-state index contributed by atoms with van der Waals surface area (Å²) >= 11 is 0. The van der Waals surface area contributed by atoms with E-state index in [1.165, 1.54) is 10.7 Å². The number of nitrogens with zero attached hydrogens (tertiary/aromatic N) is 5. The third kappa shape index (κ3) is 6.28. The lowest BCUT2D eigenvalue weighted by Gasteiger charge is -2.08. The highest BCUT2D eigenvalue weighted by molar-refractivity contribution is 6.03. The van der Waals surface area contributed by atoms with E-state index < -0.39 is 17.8 Å². The van der Waals surface area contributed by atoms with Crippen molar-refractivity contribution in [2.75, 3.05) is 23.7 Å². The van der Waals surface area contributed by atoms with Crippen molar-refractivity contribution < 1.29 is 22.8 Å². The molecular formula is C22H19F3N8O2. The molecule has 0 saturated heterocycles. The minimum absolute atomic E-state index is 0.0182. The van der Waals surface area contributed by atoms with Gasteiger partial charge < -0.3 is 16.0 Å². The second-order valence-electron chi connectivity index (χ2n) is 7.33. The van der Waals surface area contributed by atoms with Gasteiger partial charge in [0.05, 0.1) is 11.7 Å². The van der Waals surface area contributed by atoms with E-state index in [1.807, 2.05) is 0 Å². The molecule has 4 aromatic rings. The molecule has 0 spiro atoms. The Balaban J connectivity index is 1.33. The molecule has 13 heteroatoms. The van der Waals surface area contributed by atoms with E-state index in [2.05, 4.69) is 36.0 Å². The minimum atomic E-state index is -4.65. The molecule has 180 valence electrons. The number of aromatic nitrogens is 5. The fraction of sp³-hybridized carbons (Fsp3) is 0.182. The number of carbonyl (C=O) groups excluding carboxylic acids is 2. The first-order valence-corrected chi connectivity index (χ1v) is 10.4. The molecule has 0 bridgehead atoms. The number of halogens is 3. The number of nitrogens with one attached hydrogen (secondary N) is 3. The molecule has 0 atom stereocenters. The van der Waals surface area contributed by atoms with Crippen molar-refractivity contribution >= 4 is 34.2 Å². The van der Waals surface area contributed by atoms with Gasteiger partial charge in [-0.05, 0) is 30.3 Å². The Labute approximate surface area is 196 Å². The van der Waals surface area contributed by atoms with Gasteiger partial charge in [-0.25, -0.2) is 9.97 Å². The molecule has 10 nitrogen and oxygen atoms in total. The first-order valence-electron chi connectivity index (χ1n) is 10.4. The molecule has 0 aliphatic heterocycles. The van der Waals surface area contributed by atoms with E-state index in [9.17, 15) is 22.8 Å². The van der Waals surface area contributed by atoms with Crippen molar-refractivity contribution in [3.63, 3.8) is 0 Å². The number of anilines is 2. The SMILES string of the molecule is O=C(Cn1cc2cc(NC(=O)c3cccc(C(F)(F)F)n3)ccc2n1)NCCNc1cnccn1. The van der Waals surface area contributed by atoms with Crippen molar-refractivity contribution in [3.8, 4) is 0 Å². The van der Waals surface area contributed by atoms with E-state index in [0.717, 1.165) is 12.1 Å². The van der Waals surface area contributed by atoms with Gasteiger partial charge in [-0.2, -0.15) is 18.3 Å². The number of hydrogen-bond acceptors (Lipinski definition) is 7. The Bertz CT molecular complexity index is 1340.